The third kappa shape index (κ3) is 2.90. The van der Waals surface area contributed by atoms with E-state index in [-0.39, 0.29) is 15.6 Å². The highest BCUT2D eigenvalue weighted by Crippen LogP contribution is 2.42. The lowest BCUT2D eigenvalue weighted by molar-refractivity contribution is -0.140. The second-order valence-electron chi connectivity index (χ2n) is 4.08. The zero-order valence-corrected chi connectivity index (χ0v) is 11.5. The Hall–Kier alpha value is -1.70. The van der Waals surface area contributed by atoms with Crippen molar-refractivity contribution < 1.29 is 17.6 Å². The van der Waals surface area contributed by atoms with Gasteiger partial charge in [0.05, 0.1) is 6.20 Å². The molecule has 0 radical (unpaired) electrons. The van der Waals surface area contributed by atoms with E-state index in [2.05, 4.69) is 9.97 Å². The minimum atomic E-state index is -4.55. The van der Waals surface area contributed by atoms with Crippen LogP contribution in [-0.2, 0) is 6.18 Å². The summed E-state index contributed by atoms with van der Waals surface area (Å²) >= 11 is 0.869. The second kappa shape index (κ2) is 5.35. The van der Waals surface area contributed by atoms with Gasteiger partial charge in [-0.05, 0) is 13.0 Å². The van der Waals surface area contributed by atoms with E-state index in [1.807, 2.05) is 0 Å². The summed E-state index contributed by atoms with van der Waals surface area (Å²) in [5.74, 6) is -0.614. The predicted octanol–water partition coefficient (Wildman–Crippen LogP) is 3.82. The number of anilines is 1. The van der Waals surface area contributed by atoms with Gasteiger partial charge in [0.2, 0.25) is 0 Å². The maximum Gasteiger partial charge on any atom is 0.436 e. The van der Waals surface area contributed by atoms with Crippen molar-refractivity contribution in [2.45, 2.75) is 13.1 Å². The second-order valence-corrected chi connectivity index (χ2v) is 5.05. The van der Waals surface area contributed by atoms with Gasteiger partial charge >= 0.3 is 6.18 Å². The van der Waals surface area contributed by atoms with Crippen molar-refractivity contribution in [2.24, 2.45) is 0 Å². The Balaban J connectivity index is 2.54. The fraction of sp³-hybridized carbons (Fsp3) is 0.333. The SMILES string of the molecule is CCN(C)c1sc(-c2cncc(F)c2)nc1C(F)(F)F. The van der Waals surface area contributed by atoms with Gasteiger partial charge in [-0.3, -0.25) is 4.98 Å². The maximum absolute atomic E-state index is 13.1. The van der Waals surface area contributed by atoms with Gasteiger partial charge in [0.1, 0.15) is 15.8 Å². The number of thiazole rings is 1. The smallest absolute Gasteiger partial charge is 0.365 e. The van der Waals surface area contributed by atoms with Gasteiger partial charge in [0.15, 0.2) is 5.69 Å². The Labute approximate surface area is 116 Å². The molecule has 0 aliphatic heterocycles. The first kappa shape index (κ1) is 14.7. The van der Waals surface area contributed by atoms with E-state index in [0.717, 1.165) is 23.6 Å². The van der Waals surface area contributed by atoms with Crippen LogP contribution in [0.25, 0.3) is 10.6 Å². The van der Waals surface area contributed by atoms with Crippen molar-refractivity contribution in [2.75, 3.05) is 18.5 Å². The van der Waals surface area contributed by atoms with Crippen LogP contribution in [0.5, 0.6) is 0 Å². The Morgan fingerprint density at radius 1 is 1.30 bits per heavy atom. The molecule has 0 saturated heterocycles. The van der Waals surface area contributed by atoms with Crippen LogP contribution >= 0.6 is 11.3 Å². The Kier molecular flexibility index (Phi) is 3.94. The molecule has 0 unspecified atom stereocenters. The lowest BCUT2D eigenvalue weighted by Gasteiger charge is -2.16. The predicted molar refractivity (Wildman–Crippen MR) is 69.2 cm³/mol. The summed E-state index contributed by atoms with van der Waals surface area (Å²) in [5.41, 5.74) is -0.720. The first-order chi connectivity index (χ1) is 9.32. The van der Waals surface area contributed by atoms with Gasteiger partial charge < -0.3 is 4.90 Å². The lowest BCUT2D eigenvalue weighted by Crippen LogP contribution is -2.19. The lowest BCUT2D eigenvalue weighted by atomic mass is 10.3. The third-order valence-corrected chi connectivity index (χ3v) is 3.87. The first-order valence-corrected chi connectivity index (χ1v) is 6.54. The molecule has 2 aromatic rings. The molecule has 20 heavy (non-hydrogen) atoms. The average Bonchev–Trinajstić information content (AvgIpc) is 2.82. The molecule has 0 fully saturated rings. The van der Waals surface area contributed by atoms with Crippen LogP contribution in [0.2, 0.25) is 0 Å². The summed E-state index contributed by atoms with van der Waals surface area (Å²) in [6.45, 7) is 2.15. The van der Waals surface area contributed by atoms with Gasteiger partial charge in [-0.1, -0.05) is 11.3 Å². The van der Waals surface area contributed by atoms with Gasteiger partial charge in [-0.2, -0.15) is 13.2 Å². The Morgan fingerprint density at radius 3 is 2.55 bits per heavy atom. The quantitative estimate of drug-likeness (QED) is 0.807. The third-order valence-electron chi connectivity index (χ3n) is 2.65. The zero-order chi connectivity index (χ0) is 14.9. The van der Waals surface area contributed by atoms with Crippen LogP contribution in [0.15, 0.2) is 18.5 Å². The minimum absolute atomic E-state index is 0.0132. The Morgan fingerprint density at radius 2 is 2.00 bits per heavy atom. The van der Waals surface area contributed by atoms with Gasteiger partial charge in [-0.25, -0.2) is 9.37 Å². The highest BCUT2D eigenvalue weighted by molar-refractivity contribution is 7.19. The van der Waals surface area contributed by atoms with Crippen LogP contribution in [0.3, 0.4) is 0 Å². The van der Waals surface area contributed by atoms with E-state index in [9.17, 15) is 17.6 Å². The molecular weight excluding hydrogens is 294 g/mol. The maximum atomic E-state index is 13.1. The van der Waals surface area contributed by atoms with Crippen molar-refractivity contribution >= 4 is 16.3 Å². The minimum Gasteiger partial charge on any atom is -0.365 e. The summed E-state index contributed by atoms with van der Waals surface area (Å²) in [6.07, 6.45) is -2.27. The number of rotatable bonds is 3. The summed E-state index contributed by atoms with van der Waals surface area (Å²) in [6, 6.07) is 1.11. The molecule has 2 rings (SSSR count). The van der Waals surface area contributed by atoms with E-state index < -0.39 is 17.7 Å². The monoisotopic (exact) mass is 305 g/mol. The number of nitrogens with zero attached hydrogens (tertiary/aromatic N) is 3. The molecule has 3 nitrogen and oxygen atoms in total. The molecule has 108 valence electrons. The van der Waals surface area contributed by atoms with E-state index in [4.69, 9.17) is 0 Å². The van der Waals surface area contributed by atoms with E-state index in [0.29, 0.717) is 6.54 Å². The number of alkyl halides is 3. The molecule has 8 heteroatoms. The first-order valence-electron chi connectivity index (χ1n) is 5.73. The average molecular weight is 305 g/mol. The summed E-state index contributed by atoms with van der Waals surface area (Å²) in [7, 11) is 1.55. The Bertz CT molecular complexity index is 609. The number of aromatic nitrogens is 2. The van der Waals surface area contributed by atoms with Crippen LogP contribution in [0, 0.1) is 5.82 Å². The molecular formula is C12H11F4N3S. The van der Waals surface area contributed by atoms with E-state index >= 15 is 0 Å². The number of hydrogen-bond acceptors (Lipinski definition) is 4. The summed E-state index contributed by atoms with van der Waals surface area (Å²) in [4.78, 5) is 8.69. The molecule has 2 heterocycles. The zero-order valence-electron chi connectivity index (χ0n) is 10.7. The molecule has 0 saturated carbocycles. The molecule has 0 aromatic carbocycles. The van der Waals surface area contributed by atoms with Crippen molar-refractivity contribution in [1.82, 2.24) is 9.97 Å². The van der Waals surface area contributed by atoms with Crippen molar-refractivity contribution in [3.63, 3.8) is 0 Å². The topological polar surface area (TPSA) is 29.0 Å². The van der Waals surface area contributed by atoms with Crippen molar-refractivity contribution in [3.8, 4) is 10.6 Å². The van der Waals surface area contributed by atoms with Crippen molar-refractivity contribution in [3.05, 3.63) is 30.0 Å². The normalized spacial score (nSPS) is 11.7. The molecule has 0 spiro atoms. The molecule has 0 amide bonds. The highest BCUT2D eigenvalue weighted by Gasteiger charge is 2.38. The van der Waals surface area contributed by atoms with Gasteiger partial charge in [-0.15, -0.1) is 0 Å². The van der Waals surface area contributed by atoms with E-state index in [1.165, 1.54) is 11.1 Å². The molecule has 0 aliphatic rings. The molecule has 2 aromatic heterocycles. The van der Waals surface area contributed by atoms with Crippen LogP contribution in [0.1, 0.15) is 12.6 Å². The summed E-state index contributed by atoms with van der Waals surface area (Å²) < 4.78 is 52.0. The molecule has 0 atom stereocenters. The number of pyridine rings is 1. The number of hydrogen-bond donors (Lipinski definition) is 0. The van der Waals surface area contributed by atoms with Crippen LogP contribution in [0.4, 0.5) is 22.6 Å². The number of halogens is 4. The summed E-state index contributed by atoms with van der Waals surface area (Å²) in [5, 5.41) is 0.110. The molecule has 0 bridgehead atoms. The largest absolute Gasteiger partial charge is 0.436 e. The molecule has 0 N–H and O–H groups in total. The van der Waals surface area contributed by atoms with Crippen LogP contribution in [-0.4, -0.2) is 23.6 Å². The standard InChI is InChI=1S/C12H11F4N3S/c1-3-19(2)11-9(12(14,15)16)18-10(20-11)7-4-8(13)6-17-5-7/h4-6H,3H2,1-2H3. The van der Waals surface area contributed by atoms with Crippen molar-refractivity contribution in [1.29, 1.82) is 0 Å². The van der Waals surface area contributed by atoms with Gasteiger partial charge in [0.25, 0.3) is 0 Å². The van der Waals surface area contributed by atoms with Gasteiger partial charge in [0, 0.05) is 25.4 Å². The fourth-order valence-corrected chi connectivity index (χ4v) is 2.64. The molecule has 0 aliphatic carbocycles. The fourth-order valence-electron chi connectivity index (χ4n) is 1.55. The van der Waals surface area contributed by atoms with Crippen LogP contribution < -0.4 is 4.90 Å². The van der Waals surface area contributed by atoms with E-state index in [1.54, 1.807) is 14.0 Å². The highest BCUT2D eigenvalue weighted by atomic mass is 32.1.